The summed E-state index contributed by atoms with van der Waals surface area (Å²) < 4.78 is 15.7. The number of hydrogen-bond acceptors (Lipinski definition) is 9. The summed E-state index contributed by atoms with van der Waals surface area (Å²) >= 11 is 1.33. The molecular weight excluding hydrogens is 594 g/mol. The number of alkyl carbamates (subject to hydrolysis) is 1. The van der Waals surface area contributed by atoms with Crippen molar-refractivity contribution in [3.05, 3.63) is 110 Å². The standard InChI is InChI=1S/C35H43NO8S/c1-7-8-9-13-24(3)28(43-33(39)30-15-12-21-45-30)19-17-23(2)16-18-26(5)32(38)31-27(37)22-29(44-34(31)40)25(4)14-10-11-20-36-35(41)42-6/h7-8,11-13,15-16,18,20-22,25,28,37H,9-10,14,17,19H2,1-6H3,(H,36,41)/b8-7+,20-11+,23-16+,24-13-,26-18+/t25-,28-/m1/s1. The molecule has 2 aromatic rings. The number of carbonyl (C=O) groups excluding carboxylic acids is 3. The zero-order valence-electron chi connectivity index (χ0n) is 26.8. The summed E-state index contributed by atoms with van der Waals surface area (Å²) in [6.45, 7) is 9.20. The first-order valence-electron chi connectivity index (χ1n) is 14.8. The lowest BCUT2D eigenvalue weighted by Gasteiger charge is -2.19. The number of esters is 1. The molecule has 0 aliphatic heterocycles. The minimum Gasteiger partial charge on any atom is -0.507 e. The van der Waals surface area contributed by atoms with Crippen molar-refractivity contribution in [1.29, 1.82) is 0 Å². The molecule has 0 saturated heterocycles. The Morgan fingerprint density at radius 3 is 2.53 bits per heavy atom. The summed E-state index contributed by atoms with van der Waals surface area (Å²) in [5, 5.41) is 14.8. The largest absolute Gasteiger partial charge is 0.507 e. The number of rotatable bonds is 16. The topological polar surface area (TPSA) is 132 Å². The van der Waals surface area contributed by atoms with E-state index in [1.165, 1.54) is 30.7 Å². The maximum atomic E-state index is 13.1. The van der Waals surface area contributed by atoms with Gasteiger partial charge in [-0.15, -0.1) is 11.3 Å². The fourth-order valence-electron chi connectivity index (χ4n) is 4.17. The Kier molecular flexibility index (Phi) is 15.6. The maximum Gasteiger partial charge on any atom is 0.410 e. The van der Waals surface area contributed by atoms with E-state index >= 15 is 0 Å². The predicted molar refractivity (Wildman–Crippen MR) is 177 cm³/mol. The van der Waals surface area contributed by atoms with Crippen LogP contribution in [0.2, 0.25) is 0 Å². The third kappa shape index (κ3) is 12.2. The van der Waals surface area contributed by atoms with Crippen molar-refractivity contribution in [1.82, 2.24) is 5.32 Å². The van der Waals surface area contributed by atoms with E-state index in [2.05, 4.69) is 10.1 Å². The molecule has 45 heavy (non-hydrogen) atoms. The van der Waals surface area contributed by atoms with E-state index in [0.717, 1.165) is 17.6 Å². The van der Waals surface area contributed by atoms with Gasteiger partial charge in [0.25, 0.3) is 0 Å². The van der Waals surface area contributed by atoms with Gasteiger partial charge in [0.2, 0.25) is 0 Å². The van der Waals surface area contributed by atoms with Crippen LogP contribution in [0.15, 0.2) is 92.2 Å². The Labute approximate surface area is 268 Å². The second kappa shape index (κ2) is 19.1. The number of ketones is 1. The molecule has 9 nitrogen and oxygen atoms in total. The Balaban J connectivity index is 2.09. The van der Waals surface area contributed by atoms with Gasteiger partial charge in [-0.2, -0.15) is 0 Å². The molecule has 1 amide bonds. The summed E-state index contributed by atoms with van der Waals surface area (Å²) in [5.74, 6) is -1.41. The summed E-state index contributed by atoms with van der Waals surface area (Å²) in [7, 11) is 1.27. The quantitative estimate of drug-likeness (QED) is 0.0620. The highest BCUT2D eigenvalue weighted by Crippen LogP contribution is 2.26. The number of Topliss-reactive ketones (excluding diaryl/α,β-unsaturated/α-hetero) is 1. The molecule has 0 spiro atoms. The minimum atomic E-state index is -0.909. The number of amides is 1. The Bertz CT molecular complexity index is 1510. The predicted octanol–water partition coefficient (Wildman–Crippen LogP) is 8.15. The van der Waals surface area contributed by atoms with Gasteiger partial charge in [-0.1, -0.05) is 55.0 Å². The first-order valence-corrected chi connectivity index (χ1v) is 15.6. The van der Waals surface area contributed by atoms with E-state index in [-0.39, 0.29) is 23.2 Å². The van der Waals surface area contributed by atoms with Crippen molar-refractivity contribution in [3.63, 3.8) is 0 Å². The molecule has 0 aliphatic rings. The van der Waals surface area contributed by atoms with Crippen LogP contribution in [-0.2, 0) is 9.47 Å². The van der Waals surface area contributed by atoms with Crippen molar-refractivity contribution in [2.24, 2.45) is 0 Å². The number of hydrogen-bond donors (Lipinski definition) is 2. The third-order valence-corrected chi connectivity index (χ3v) is 7.85. The highest BCUT2D eigenvalue weighted by atomic mass is 32.1. The Hall–Kier alpha value is -4.44. The van der Waals surface area contributed by atoms with Crippen LogP contribution >= 0.6 is 11.3 Å². The lowest BCUT2D eigenvalue weighted by atomic mass is 9.99. The fraction of sp³-hybridized carbons (Fsp3) is 0.371. The van der Waals surface area contributed by atoms with Gasteiger partial charge < -0.3 is 19.0 Å². The third-order valence-electron chi connectivity index (χ3n) is 7.00. The van der Waals surface area contributed by atoms with Gasteiger partial charge in [-0.05, 0) is 82.4 Å². The first-order chi connectivity index (χ1) is 21.5. The van der Waals surface area contributed by atoms with Gasteiger partial charge in [0.15, 0.2) is 5.78 Å². The van der Waals surface area contributed by atoms with E-state index in [1.807, 2.05) is 57.4 Å². The minimum absolute atomic E-state index is 0.229. The van der Waals surface area contributed by atoms with Crippen molar-refractivity contribution in [2.75, 3.05) is 7.11 Å². The smallest absolute Gasteiger partial charge is 0.410 e. The lowest BCUT2D eigenvalue weighted by molar-refractivity contribution is 0.0364. The van der Waals surface area contributed by atoms with Gasteiger partial charge in [0.1, 0.15) is 28.1 Å². The maximum absolute atomic E-state index is 13.1. The molecule has 2 N–H and O–H groups in total. The second-order valence-electron chi connectivity index (χ2n) is 10.6. The van der Waals surface area contributed by atoms with E-state index in [1.54, 1.807) is 31.2 Å². The molecule has 2 rings (SSSR count). The molecule has 2 atom stereocenters. The average Bonchev–Trinajstić information content (AvgIpc) is 3.56. The van der Waals surface area contributed by atoms with Gasteiger partial charge >= 0.3 is 17.7 Å². The SMILES string of the molecule is C/C=C/C/C=C(/C)[C@@H](CC/C(C)=C/C=C(\C)C(=O)c1c(O)cc([C@H](C)CC/C=C/NC(=O)OC)oc1=O)OC(=O)c1cccs1. The van der Waals surface area contributed by atoms with Crippen LogP contribution in [0.1, 0.15) is 98.4 Å². The van der Waals surface area contributed by atoms with Gasteiger partial charge in [-0.3, -0.25) is 10.1 Å². The molecule has 0 unspecified atom stereocenters. The molecule has 0 fully saturated rings. The highest BCUT2D eigenvalue weighted by Gasteiger charge is 2.22. The van der Waals surface area contributed by atoms with Crippen molar-refractivity contribution < 1.29 is 33.4 Å². The lowest BCUT2D eigenvalue weighted by Crippen LogP contribution is -2.19. The molecule has 2 heterocycles. The van der Waals surface area contributed by atoms with Crippen molar-refractivity contribution >= 4 is 29.2 Å². The van der Waals surface area contributed by atoms with Crippen LogP contribution in [0.4, 0.5) is 4.79 Å². The number of nitrogens with one attached hydrogen (secondary N) is 1. The Morgan fingerprint density at radius 1 is 1.13 bits per heavy atom. The summed E-state index contributed by atoms with van der Waals surface area (Å²) in [6, 6.07) is 4.84. The summed E-state index contributed by atoms with van der Waals surface area (Å²) in [6.07, 6.45) is 14.6. The second-order valence-corrected chi connectivity index (χ2v) is 11.5. The number of methoxy groups -OCH3 is 1. The molecule has 0 saturated carbocycles. The molecule has 0 radical (unpaired) electrons. The van der Waals surface area contributed by atoms with Crippen molar-refractivity contribution in [2.45, 2.75) is 78.7 Å². The Morgan fingerprint density at radius 2 is 1.89 bits per heavy atom. The number of thiophene rings is 1. The van der Waals surface area contributed by atoms with Crippen LogP contribution in [0.25, 0.3) is 0 Å². The van der Waals surface area contributed by atoms with Crippen LogP contribution in [0.5, 0.6) is 5.75 Å². The van der Waals surface area contributed by atoms with E-state index in [0.29, 0.717) is 30.6 Å². The van der Waals surface area contributed by atoms with Gasteiger partial charge in [-0.25, -0.2) is 14.4 Å². The molecule has 0 aromatic carbocycles. The zero-order chi connectivity index (χ0) is 33.4. The van der Waals surface area contributed by atoms with E-state index < -0.39 is 34.9 Å². The monoisotopic (exact) mass is 637 g/mol. The van der Waals surface area contributed by atoms with Gasteiger partial charge in [0, 0.05) is 18.2 Å². The normalized spacial score (nSPS) is 14.0. The molecule has 0 bridgehead atoms. The number of carbonyl (C=O) groups is 3. The fourth-order valence-corrected chi connectivity index (χ4v) is 4.78. The van der Waals surface area contributed by atoms with E-state index in [9.17, 15) is 24.3 Å². The highest BCUT2D eigenvalue weighted by molar-refractivity contribution is 7.11. The average molecular weight is 638 g/mol. The van der Waals surface area contributed by atoms with Crippen LogP contribution in [-0.4, -0.2) is 36.2 Å². The first kappa shape index (κ1) is 36.8. The molecule has 242 valence electrons. The van der Waals surface area contributed by atoms with Crippen LogP contribution < -0.4 is 10.9 Å². The van der Waals surface area contributed by atoms with Gasteiger partial charge in [0.05, 0.1) is 7.11 Å². The van der Waals surface area contributed by atoms with E-state index in [4.69, 9.17) is 9.15 Å². The van der Waals surface area contributed by atoms with Crippen molar-refractivity contribution in [3.8, 4) is 5.75 Å². The van der Waals surface area contributed by atoms with Crippen LogP contribution in [0.3, 0.4) is 0 Å². The molecule has 0 aliphatic carbocycles. The summed E-state index contributed by atoms with van der Waals surface area (Å²) in [4.78, 5) is 50.1. The molecular formula is C35H43NO8S. The van der Waals surface area contributed by atoms with Crippen LogP contribution in [0, 0.1) is 0 Å². The zero-order valence-corrected chi connectivity index (χ0v) is 27.6. The number of allylic oxidation sites excluding steroid dienone is 8. The molecule has 10 heteroatoms. The number of ether oxygens (including phenoxy) is 2. The summed E-state index contributed by atoms with van der Waals surface area (Å²) in [5.41, 5.74) is 0.824. The number of aromatic hydroxyl groups is 1. The molecule has 2 aromatic heterocycles.